The molecule has 0 unspecified atom stereocenters. The highest BCUT2D eigenvalue weighted by Crippen LogP contribution is 2.08. The molecule has 0 aliphatic carbocycles. The van der Waals surface area contributed by atoms with Crippen molar-refractivity contribution >= 4 is 0 Å². The van der Waals surface area contributed by atoms with Crippen molar-refractivity contribution in [2.45, 2.75) is 13.8 Å². The summed E-state index contributed by atoms with van der Waals surface area (Å²) in [6.45, 7) is 12.3. The summed E-state index contributed by atoms with van der Waals surface area (Å²) in [5.74, 6) is 0. The molecule has 1 aliphatic rings. The first-order valence-corrected chi connectivity index (χ1v) is 4.76. The Morgan fingerprint density at radius 2 is 1.67 bits per heavy atom. The highest BCUT2D eigenvalue weighted by molar-refractivity contribution is 4.60. The van der Waals surface area contributed by atoms with E-state index in [1.54, 1.807) is 0 Å². The molecular weight excluding hydrogens is 263 g/mol. The van der Waals surface area contributed by atoms with E-state index in [0.717, 1.165) is 0 Å². The lowest BCUT2D eigenvalue weighted by atomic mass is 10.2. The number of hydrogen-bond acceptors (Lipinski definition) is 1. The molecule has 2 nitrogen and oxygen atoms in total. The van der Waals surface area contributed by atoms with Gasteiger partial charge in [0.05, 0.1) is 26.7 Å². The van der Waals surface area contributed by atoms with Crippen molar-refractivity contribution in [2.75, 3.05) is 46.3 Å². The molecule has 0 bridgehead atoms. The minimum Gasteiger partial charge on any atom is -1.00 e. The molecule has 12 heavy (non-hydrogen) atoms. The van der Waals surface area contributed by atoms with E-state index in [2.05, 4.69) is 25.8 Å². The fourth-order valence-electron chi connectivity index (χ4n) is 1.62. The van der Waals surface area contributed by atoms with E-state index < -0.39 is 0 Å². The maximum atomic E-state index is 2.54. The van der Waals surface area contributed by atoms with Crippen LogP contribution in [0.15, 0.2) is 0 Å². The zero-order chi connectivity index (χ0) is 8.32. The zero-order valence-electron chi connectivity index (χ0n) is 8.52. The normalized spacial score (nSPS) is 23.2. The number of rotatable bonds is 2. The number of halogens is 1. The van der Waals surface area contributed by atoms with Crippen LogP contribution in [0.1, 0.15) is 13.8 Å². The molecule has 0 atom stereocenters. The van der Waals surface area contributed by atoms with Crippen molar-refractivity contribution < 1.29 is 28.5 Å². The summed E-state index contributed by atoms with van der Waals surface area (Å²) in [5, 5.41) is 0. The monoisotopic (exact) mass is 284 g/mol. The second-order valence-electron chi connectivity index (χ2n) is 3.82. The van der Waals surface area contributed by atoms with Crippen LogP contribution in [0.5, 0.6) is 0 Å². The maximum Gasteiger partial charge on any atom is 0.0914 e. The molecule has 74 valence electrons. The second kappa shape index (κ2) is 5.40. The van der Waals surface area contributed by atoms with E-state index in [0.29, 0.717) is 0 Å². The molecule has 0 radical (unpaired) electrons. The van der Waals surface area contributed by atoms with Gasteiger partial charge in [-0.05, 0) is 13.5 Å². The average Bonchev–Trinajstić information content (AvgIpc) is 2.06. The molecule has 0 aromatic carbocycles. The minimum atomic E-state index is 0. The van der Waals surface area contributed by atoms with Crippen LogP contribution in [0.25, 0.3) is 0 Å². The lowest BCUT2D eigenvalue weighted by Crippen LogP contribution is -3.00. The SMILES string of the molecule is CCN1CC[N+](C)(CC)CC1.[I-]. The molecule has 0 N–H and O–H groups in total. The second-order valence-corrected chi connectivity index (χ2v) is 3.82. The molecule has 0 spiro atoms. The highest BCUT2D eigenvalue weighted by Gasteiger charge is 2.25. The number of nitrogens with zero attached hydrogens (tertiary/aromatic N) is 2. The first-order chi connectivity index (χ1) is 5.20. The molecule has 0 aromatic rings. The van der Waals surface area contributed by atoms with Gasteiger partial charge < -0.3 is 28.5 Å². The number of likely N-dealkylation sites (N-methyl/N-ethyl adjacent to an activating group) is 2. The summed E-state index contributed by atoms with van der Waals surface area (Å²) in [5.41, 5.74) is 0. The zero-order valence-corrected chi connectivity index (χ0v) is 10.7. The van der Waals surface area contributed by atoms with Gasteiger partial charge in [0, 0.05) is 13.1 Å². The molecule has 1 heterocycles. The van der Waals surface area contributed by atoms with Crippen molar-refractivity contribution in [3.8, 4) is 0 Å². The lowest BCUT2D eigenvalue weighted by molar-refractivity contribution is -0.911. The van der Waals surface area contributed by atoms with Gasteiger partial charge in [0.2, 0.25) is 0 Å². The van der Waals surface area contributed by atoms with Crippen LogP contribution in [0.3, 0.4) is 0 Å². The number of hydrogen-bond donors (Lipinski definition) is 0. The van der Waals surface area contributed by atoms with Crippen LogP contribution >= 0.6 is 0 Å². The van der Waals surface area contributed by atoms with E-state index in [-0.39, 0.29) is 24.0 Å². The van der Waals surface area contributed by atoms with Crippen LogP contribution in [0.2, 0.25) is 0 Å². The van der Waals surface area contributed by atoms with Gasteiger partial charge in [-0.25, -0.2) is 0 Å². The third-order valence-corrected chi connectivity index (χ3v) is 3.12. The Bertz CT molecular complexity index is 120. The van der Waals surface area contributed by atoms with Gasteiger partial charge in [0.15, 0.2) is 0 Å². The number of quaternary nitrogens is 1. The molecule has 3 heteroatoms. The maximum absolute atomic E-state index is 2.54. The molecule has 0 amide bonds. The molecule has 1 rings (SSSR count). The average molecular weight is 284 g/mol. The van der Waals surface area contributed by atoms with E-state index in [4.69, 9.17) is 0 Å². The quantitative estimate of drug-likeness (QED) is 0.411. The van der Waals surface area contributed by atoms with Crippen LogP contribution in [0, 0.1) is 0 Å². The Labute approximate surface area is 93.5 Å². The van der Waals surface area contributed by atoms with Gasteiger partial charge in [-0.2, -0.15) is 0 Å². The van der Waals surface area contributed by atoms with Crippen molar-refractivity contribution in [1.82, 2.24) is 4.90 Å². The fourth-order valence-corrected chi connectivity index (χ4v) is 1.62. The lowest BCUT2D eigenvalue weighted by Gasteiger charge is -2.41. The molecule has 0 aromatic heterocycles. The van der Waals surface area contributed by atoms with Crippen molar-refractivity contribution in [3.63, 3.8) is 0 Å². The third kappa shape index (κ3) is 3.18. The summed E-state index contributed by atoms with van der Waals surface area (Å²) < 4.78 is 1.27. The first kappa shape index (κ1) is 12.7. The topological polar surface area (TPSA) is 3.24 Å². The van der Waals surface area contributed by atoms with Gasteiger partial charge in [0.25, 0.3) is 0 Å². The van der Waals surface area contributed by atoms with E-state index >= 15 is 0 Å². The van der Waals surface area contributed by atoms with Crippen LogP contribution in [-0.2, 0) is 0 Å². The Kier molecular flexibility index (Phi) is 5.69. The first-order valence-electron chi connectivity index (χ1n) is 4.76. The molecular formula is C9H21IN2. The molecule has 1 saturated heterocycles. The summed E-state index contributed by atoms with van der Waals surface area (Å²) in [7, 11) is 2.37. The summed E-state index contributed by atoms with van der Waals surface area (Å²) in [6.07, 6.45) is 0. The fraction of sp³-hybridized carbons (Fsp3) is 1.00. The van der Waals surface area contributed by atoms with Crippen molar-refractivity contribution in [2.24, 2.45) is 0 Å². The smallest absolute Gasteiger partial charge is 0.0914 e. The van der Waals surface area contributed by atoms with E-state index in [1.165, 1.54) is 43.8 Å². The Morgan fingerprint density at radius 1 is 1.17 bits per heavy atom. The standard InChI is InChI=1S/C9H21N2.HI/c1-4-10-6-8-11(3,5-2)9-7-10;/h4-9H2,1-3H3;1H/q+1;/p-1. The highest BCUT2D eigenvalue weighted by atomic mass is 127. The van der Waals surface area contributed by atoms with E-state index in [9.17, 15) is 0 Å². The van der Waals surface area contributed by atoms with Gasteiger partial charge in [-0.15, -0.1) is 0 Å². The Hall–Kier alpha value is 0.650. The predicted molar refractivity (Wildman–Crippen MR) is 48.6 cm³/mol. The summed E-state index contributed by atoms with van der Waals surface area (Å²) >= 11 is 0. The molecule has 1 aliphatic heterocycles. The Balaban J connectivity index is 0.00000121. The van der Waals surface area contributed by atoms with Crippen molar-refractivity contribution in [1.29, 1.82) is 0 Å². The van der Waals surface area contributed by atoms with Gasteiger partial charge in [-0.3, -0.25) is 4.90 Å². The van der Waals surface area contributed by atoms with Gasteiger partial charge in [-0.1, -0.05) is 6.92 Å². The largest absolute Gasteiger partial charge is 1.00 e. The van der Waals surface area contributed by atoms with Crippen LogP contribution in [0.4, 0.5) is 0 Å². The van der Waals surface area contributed by atoms with Gasteiger partial charge in [0.1, 0.15) is 0 Å². The number of piperazine rings is 1. The minimum absolute atomic E-state index is 0. The third-order valence-electron chi connectivity index (χ3n) is 3.12. The van der Waals surface area contributed by atoms with Gasteiger partial charge >= 0.3 is 0 Å². The molecule has 0 saturated carbocycles. The van der Waals surface area contributed by atoms with Crippen molar-refractivity contribution in [3.05, 3.63) is 0 Å². The van der Waals surface area contributed by atoms with Crippen LogP contribution < -0.4 is 24.0 Å². The Morgan fingerprint density at radius 3 is 2.00 bits per heavy atom. The summed E-state index contributed by atoms with van der Waals surface area (Å²) in [6, 6.07) is 0. The predicted octanol–water partition coefficient (Wildman–Crippen LogP) is -2.21. The van der Waals surface area contributed by atoms with E-state index in [1.807, 2.05) is 0 Å². The summed E-state index contributed by atoms with van der Waals surface area (Å²) in [4.78, 5) is 2.54. The van der Waals surface area contributed by atoms with Crippen LogP contribution in [-0.4, -0.2) is 55.7 Å². The molecule has 1 fully saturated rings.